The quantitative estimate of drug-likeness (QED) is 0.356. The molecule has 6 rings (SSSR count). The van der Waals surface area contributed by atoms with Gasteiger partial charge in [0, 0.05) is 32.0 Å². The van der Waals surface area contributed by atoms with Crippen molar-refractivity contribution in [1.29, 1.82) is 0 Å². The lowest BCUT2D eigenvalue weighted by molar-refractivity contribution is -0.136. The van der Waals surface area contributed by atoms with Crippen LogP contribution in [0.4, 0.5) is 13.2 Å². The number of hydrogen-bond acceptors (Lipinski definition) is 6. The van der Waals surface area contributed by atoms with Crippen LogP contribution >= 0.6 is 0 Å². The molecule has 11 heteroatoms. The summed E-state index contributed by atoms with van der Waals surface area (Å²) in [6, 6.07) is 10.2. The normalized spacial score (nSPS) is 19.6. The van der Waals surface area contributed by atoms with Crippen molar-refractivity contribution in [2.75, 3.05) is 26.3 Å². The van der Waals surface area contributed by atoms with Crippen molar-refractivity contribution in [1.82, 2.24) is 29.2 Å². The molecule has 4 aromatic rings. The molecule has 4 heterocycles. The third-order valence-corrected chi connectivity index (χ3v) is 8.17. The molecular formula is C29H31F3N6O2. The maximum absolute atomic E-state index is 14.1. The standard InChI is InChI=1S/C29H31F3N6O2/c1-19-5-4-8-37(13-19)14-20-9-23-26(24(10-20)29(30,31)32)33-17-38(27(23)39)22-7-3-6-21(11-22)28(15-40-16-28)12-25-35-34-18-36(25)2/h3,6-7,9-11,17-19H,4-5,8,12-16H2,1-2H3/t19-/m0/s1. The van der Waals surface area contributed by atoms with Crippen molar-refractivity contribution >= 4 is 10.9 Å². The number of benzene rings is 2. The number of ether oxygens (including phenoxy) is 1. The average Bonchev–Trinajstić information content (AvgIpc) is 3.30. The molecule has 2 aromatic heterocycles. The van der Waals surface area contributed by atoms with Crippen molar-refractivity contribution in [3.63, 3.8) is 0 Å². The number of aromatic nitrogens is 5. The lowest BCUT2D eigenvalue weighted by Crippen LogP contribution is -2.49. The number of aryl methyl sites for hydroxylation is 1. The first-order valence-corrected chi connectivity index (χ1v) is 13.5. The zero-order valence-corrected chi connectivity index (χ0v) is 22.5. The highest BCUT2D eigenvalue weighted by molar-refractivity contribution is 5.82. The molecule has 40 heavy (non-hydrogen) atoms. The predicted octanol–water partition coefficient (Wildman–Crippen LogP) is 4.28. The average molecular weight is 553 g/mol. The summed E-state index contributed by atoms with van der Waals surface area (Å²) in [7, 11) is 1.88. The highest BCUT2D eigenvalue weighted by Gasteiger charge is 2.42. The smallest absolute Gasteiger partial charge is 0.379 e. The molecule has 0 spiro atoms. The van der Waals surface area contributed by atoms with Gasteiger partial charge in [-0.1, -0.05) is 19.1 Å². The zero-order chi connectivity index (χ0) is 28.1. The highest BCUT2D eigenvalue weighted by Crippen LogP contribution is 2.37. The number of rotatable bonds is 6. The lowest BCUT2D eigenvalue weighted by Gasteiger charge is -2.41. The number of halogens is 3. The Bertz CT molecular complexity index is 1610. The van der Waals surface area contributed by atoms with E-state index in [1.165, 1.54) is 10.9 Å². The summed E-state index contributed by atoms with van der Waals surface area (Å²) in [5.41, 5.74) is -0.126. The molecule has 0 aliphatic carbocycles. The maximum Gasteiger partial charge on any atom is 0.418 e. The Hall–Kier alpha value is -3.57. The minimum Gasteiger partial charge on any atom is -0.379 e. The Labute approximate surface area is 229 Å². The molecular weight excluding hydrogens is 521 g/mol. The van der Waals surface area contributed by atoms with E-state index in [1.54, 1.807) is 18.5 Å². The van der Waals surface area contributed by atoms with Crippen LogP contribution in [0.2, 0.25) is 0 Å². The monoisotopic (exact) mass is 552 g/mol. The van der Waals surface area contributed by atoms with Gasteiger partial charge in [-0.25, -0.2) is 4.98 Å². The molecule has 0 radical (unpaired) electrons. The van der Waals surface area contributed by atoms with E-state index in [4.69, 9.17) is 4.74 Å². The lowest BCUT2D eigenvalue weighted by atomic mass is 9.75. The summed E-state index contributed by atoms with van der Waals surface area (Å²) >= 11 is 0. The minimum atomic E-state index is -4.63. The number of likely N-dealkylation sites (tertiary alicyclic amines) is 1. The van der Waals surface area contributed by atoms with Crippen LogP contribution in [-0.4, -0.2) is 55.5 Å². The molecule has 8 nitrogen and oxygen atoms in total. The van der Waals surface area contributed by atoms with E-state index < -0.39 is 17.3 Å². The second-order valence-corrected chi connectivity index (χ2v) is 11.3. The van der Waals surface area contributed by atoms with Gasteiger partial charge in [-0.15, -0.1) is 10.2 Å². The van der Waals surface area contributed by atoms with Gasteiger partial charge in [0.15, 0.2) is 0 Å². The summed E-state index contributed by atoms with van der Waals surface area (Å²) in [5.74, 6) is 1.30. The van der Waals surface area contributed by atoms with Gasteiger partial charge in [-0.3, -0.25) is 14.3 Å². The van der Waals surface area contributed by atoms with Crippen LogP contribution in [0.5, 0.6) is 0 Å². The Morgan fingerprint density at radius 1 is 1.15 bits per heavy atom. The summed E-state index contributed by atoms with van der Waals surface area (Å²) in [5, 5.41) is 8.15. The molecule has 0 amide bonds. The molecule has 2 fully saturated rings. The van der Waals surface area contributed by atoms with Gasteiger partial charge in [0.05, 0.1) is 35.4 Å². The van der Waals surface area contributed by atoms with Gasteiger partial charge < -0.3 is 9.30 Å². The molecule has 0 unspecified atom stereocenters. The number of piperidine rings is 1. The molecule has 2 aliphatic heterocycles. The minimum absolute atomic E-state index is 0.0384. The fraction of sp³-hybridized carbons (Fsp3) is 0.448. The SMILES string of the molecule is C[C@H]1CCCN(Cc2cc(C(F)(F)F)c3ncn(-c4cccc(C5(Cc6nncn6C)COC5)c4)c(=O)c3c2)C1. The largest absolute Gasteiger partial charge is 0.418 e. The van der Waals surface area contributed by atoms with Gasteiger partial charge in [0.25, 0.3) is 5.56 Å². The van der Waals surface area contributed by atoms with E-state index in [2.05, 4.69) is 27.0 Å². The first kappa shape index (κ1) is 26.6. The molecule has 2 aromatic carbocycles. The number of alkyl halides is 3. The zero-order valence-electron chi connectivity index (χ0n) is 22.5. The summed E-state index contributed by atoms with van der Waals surface area (Å²) in [4.78, 5) is 20.1. The van der Waals surface area contributed by atoms with Crippen LogP contribution in [0.15, 0.2) is 53.8 Å². The van der Waals surface area contributed by atoms with Crippen LogP contribution in [0.25, 0.3) is 16.6 Å². The second-order valence-electron chi connectivity index (χ2n) is 11.3. The Kier molecular flexibility index (Phi) is 6.74. The third-order valence-electron chi connectivity index (χ3n) is 8.17. The molecule has 2 aliphatic rings. The molecule has 0 saturated carbocycles. The Morgan fingerprint density at radius 3 is 2.65 bits per heavy atom. The predicted molar refractivity (Wildman–Crippen MR) is 143 cm³/mol. The molecule has 2 saturated heterocycles. The first-order valence-electron chi connectivity index (χ1n) is 13.5. The fourth-order valence-electron chi connectivity index (χ4n) is 5.95. The van der Waals surface area contributed by atoms with Crippen LogP contribution in [0, 0.1) is 5.92 Å². The van der Waals surface area contributed by atoms with Crippen molar-refractivity contribution in [3.05, 3.63) is 81.9 Å². The fourth-order valence-corrected chi connectivity index (χ4v) is 5.95. The van der Waals surface area contributed by atoms with Gasteiger partial charge >= 0.3 is 6.18 Å². The molecule has 1 atom stereocenters. The molecule has 0 N–H and O–H groups in total. The Morgan fingerprint density at radius 2 is 1.98 bits per heavy atom. The molecule has 0 bridgehead atoms. The topological polar surface area (TPSA) is 78.1 Å². The van der Waals surface area contributed by atoms with E-state index in [0.29, 0.717) is 43.3 Å². The first-order chi connectivity index (χ1) is 19.1. The van der Waals surface area contributed by atoms with Gasteiger partial charge in [-0.2, -0.15) is 13.2 Å². The van der Waals surface area contributed by atoms with Crippen LogP contribution in [0.1, 0.15) is 42.3 Å². The highest BCUT2D eigenvalue weighted by atomic mass is 19.4. The van der Waals surface area contributed by atoms with Crippen molar-refractivity contribution < 1.29 is 17.9 Å². The van der Waals surface area contributed by atoms with E-state index in [-0.39, 0.29) is 16.3 Å². The van der Waals surface area contributed by atoms with Gasteiger partial charge in [0.1, 0.15) is 18.5 Å². The van der Waals surface area contributed by atoms with Crippen LogP contribution in [0.3, 0.4) is 0 Å². The van der Waals surface area contributed by atoms with Crippen molar-refractivity contribution in [2.45, 2.75) is 44.3 Å². The van der Waals surface area contributed by atoms with Crippen LogP contribution < -0.4 is 5.56 Å². The van der Waals surface area contributed by atoms with E-state index in [9.17, 15) is 18.0 Å². The summed E-state index contributed by atoms with van der Waals surface area (Å²) < 4.78 is 51.1. The summed E-state index contributed by atoms with van der Waals surface area (Å²) in [6.45, 7) is 5.13. The summed E-state index contributed by atoms with van der Waals surface area (Å²) in [6.07, 6.45) is 0.930. The van der Waals surface area contributed by atoms with Gasteiger partial charge in [0.2, 0.25) is 0 Å². The van der Waals surface area contributed by atoms with E-state index >= 15 is 0 Å². The van der Waals surface area contributed by atoms with Crippen molar-refractivity contribution in [3.8, 4) is 5.69 Å². The number of hydrogen-bond donors (Lipinski definition) is 0. The Balaban J connectivity index is 1.41. The van der Waals surface area contributed by atoms with Crippen molar-refractivity contribution in [2.24, 2.45) is 13.0 Å². The maximum atomic E-state index is 14.1. The van der Waals surface area contributed by atoms with E-state index in [1.807, 2.05) is 29.8 Å². The number of fused-ring (bicyclic) bond motifs is 1. The number of nitrogens with zero attached hydrogens (tertiary/aromatic N) is 6. The van der Waals surface area contributed by atoms with Crippen LogP contribution in [-0.2, 0) is 36.3 Å². The third kappa shape index (κ3) is 4.92. The molecule has 210 valence electrons. The van der Waals surface area contributed by atoms with E-state index in [0.717, 1.165) is 43.4 Å². The second kappa shape index (κ2) is 10.1. The van der Waals surface area contributed by atoms with Gasteiger partial charge in [-0.05, 0) is 60.7 Å².